The van der Waals surface area contributed by atoms with Gasteiger partial charge in [-0.25, -0.2) is 0 Å². The second-order valence-electron chi connectivity index (χ2n) is 4.59. The molecule has 0 saturated carbocycles. The van der Waals surface area contributed by atoms with Crippen LogP contribution in [0.5, 0.6) is 0 Å². The lowest BCUT2D eigenvalue weighted by Crippen LogP contribution is -2.30. The van der Waals surface area contributed by atoms with Gasteiger partial charge in [0.05, 0.1) is 0 Å². The molecule has 0 aromatic carbocycles. The summed E-state index contributed by atoms with van der Waals surface area (Å²) in [6.07, 6.45) is 2.25. The van der Waals surface area contributed by atoms with Gasteiger partial charge in [-0.3, -0.25) is 4.79 Å². The molecule has 0 atom stereocenters. The zero-order valence-electron chi connectivity index (χ0n) is 9.52. The Morgan fingerprint density at radius 3 is 2.50 bits per heavy atom. The molecule has 0 spiro atoms. The molecule has 0 unspecified atom stereocenters. The van der Waals surface area contributed by atoms with Gasteiger partial charge in [0.15, 0.2) is 0 Å². The largest absolute Gasteiger partial charge is 0.353 e. The van der Waals surface area contributed by atoms with Gasteiger partial charge < -0.3 is 10.6 Å². The van der Waals surface area contributed by atoms with E-state index < -0.39 is 0 Å². The van der Waals surface area contributed by atoms with Crippen LogP contribution in [0.3, 0.4) is 0 Å². The SMILES string of the molecule is C=CC(=O)NCCCNCC(C)(C)C. The molecule has 0 aromatic heterocycles. The number of hydrogen-bond donors (Lipinski definition) is 2. The van der Waals surface area contributed by atoms with Gasteiger partial charge in [0.25, 0.3) is 0 Å². The highest BCUT2D eigenvalue weighted by molar-refractivity contribution is 5.86. The van der Waals surface area contributed by atoms with E-state index in [-0.39, 0.29) is 5.91 Å². The van der Waals surface area contributed by atoms with Gasteiger partial charge in [-0.2, -0.15) is 0 Å². The fourth-order valence-electron chi connectivity index (χ4n) is 0.961. The summed E-state index contributed by atoms with van der Waals surface area (Å²) in [7, 11) is 0. The fourth-order valence-corrected chi connectivity index (χ4v) is 0.961. The molecular formula is C11H22N2O. The third-order valence-electron chi connectivity index (χ3n) is 1.67. The molecule has 3 nitrogen and oxygen atoms in total. The predicted molar refractivity (Wildman–Crippen MR) is 60.1 cm³/mol. The van der Waals surface area contributed by atoms with E-state index in [4.69, 9.17) is 0 Å². The van der Waals surface area contributed by atoms with E-state index in [1.807, 2.05) is 0 Å². The van der Waals surface area contributed by atoms with Gasteiger partial charge in [0, 0.05) is 6.54 Å². The van der Waals surface area contributed by atoms with Crippen molar-refractivity contribution >= 4 is 5.91 Å². The normalized spacial score (nSPS) is 11.1. The molecule has 0 aliphatic carbocycles. The van der Waals surface area contributed by atoms with Crippen LogP contribution in [0.25, 0.3) is 0 Å². The average Bonchev–Trinajstić information content (AvgIpc) is 2.08. The van der Waals surface area contributed by atoms with Crippen molar-refractivity contribution in [3.8, 4) is 0 Å². The van der Waals surface area contributed by atoms with E-state index in [2.05, 4.69) is 38.0 Å². The van der Waals surface area contributed by atoms with Gasteiger partial charge >= 0.3 is 0 Å². The minimum Gasteiger partial charge on any atom is -0.353 e. The summed E-state index contributed by atoms with van der Waals surface area (Å²) in [5.41, 5.74) is 0.324. The average molecular weight is 198 g/mol. The molecule has 0 saturated heterocycles. The first-order valence-electron chi connectivity index (χ1n) is 5.07. The minimum absolute atomic E-state index is 0.0965. The smallest absolute Gasteiger partial charge is 0.243 e. The molecule has 1 amide bonds. The Morgan fingerprint density at radius 2 is 2.00 bits per heavy atom. The number of hydrogen-bond acceptors (Lipinski definition) is 2. The zero-order chi connectivity index (χ0) is 11.0. The van der Waals surface area contributed by atoms with Crippen molar-refractivity contribution in [3.63, 3.8) is 0 Å². The Labute approximate surface area is 87.0 Å². The van der Waals surface area contributed by atoms with E-state index in [9.17, 15) is 4.79 Å². The molecule has 0 aliphatic heterocycles. The molecule has 14 heavy (non-hydrogen) atoms. The maximum atomic E-state index is 10.8. The highest BCUT2D eigenvalue weighted by Crippen LogP contribution is 2.09. The molecule has 2 N–H and O–H groups in total. The highest BCUT2D eigenvalue weighted by Gasteiger charge is 2.07. The Morgan fingerprint density at radius 1 is 1.36 bits per heavy atom. The van der Waals surface area contributed by atoms with Crippen molar-refractivity contribution in [3.05, 3.63) is 12.7 Å². The van der Waals surface area contributed by atoms with Crippen LogP contribution in [0.15, 0.2) is 12.7 Å². The number of carbonyl (C=O) groups is 1. The third kappa shape index (κ3) is 9.26. The van der Waals surface area contributed by atoms with Crippen LogP contribution in [0, 0.1) is 5.41 Å². The van der Waals surface area contributed by atoms with E-state index in [1.54, 1.807) is 0 Å². The van der Waals surface area contributed by atoms with Crippen molar-refractivity contribution in [2.45, 2.75) is 27.2 Å². The second-order valence-corrected chi connectivity index (χ2v) is 4.59. The molecule has 0 bridgehead atoms. The van der Waals surface area contributed by atoms with Gasteiger partial charge in [-0.15, -0.1) is 0 Å². The predicted octanol–water partition coefficient (Wildman–Crippen LogP) is 1.31. The summed E-state index contributed by atoms with van der Waals surface area (Å²) in [6, 6.07) is 0. The Bertz CT molecular complexity index is 182. The lowest BCUT2D eigenvalue weighted by atomic mass is 9.97. The minimum atomic E-state index is -0.0965. The Balaban J connectivity index is 3.22. The van der Waals surface area contributed by atoms with Crippen LogP contribution >= 0.6 is 0 Å². The van der Waals surface area contributed by atoms with Crippen molar-refractivity contribution in [1.82, 2.24) is 10.6 Å². The first-order valence-corrected chi connectivity index (χ1v) is 5.07. The van der Waals surface area contributed by atoms with Gasteiger partial charge in [0.1, 0.15) is 0 Å². The molecule has 0 aliphatic rings. The quantitative estimate of drug-likeness (QED) is 0.499. The van der Waals surface area contributed by atoms with E-state index >= 15 is 0 Å². The van der Waals surface area contributed by atoms with E-state index in [1.165, 1.54) is 6.08 Å². The molecule has 0 fully saturated rings. The maximum Gasteiger partial charge on any atom is 0.243 e. The topological polar surface area (TPSA) is 41.1 Å². The monoisotopic (exact) mass is 198 g/mol. The van der Waals surface area contributed by atoms with Gasteiger partial charge in [-0.1, -0.05) is 27.4 Å². The van der Waals surface area contributed by atoms with Crippen molar-refractivity contribution < 1.29 is 4.79 Å². The Hall–Kier alpha value is -0.830. The summed E-state index contributed by atoms with van der Waals surface area (Å²) in [4.78, 5) is 10.8. The summed E-state index contributed by atoms with van der Waals surface area (Å²) >= 11 is 0. The summed E-state index contributed by atoms with van der Waals surface area (Å²) < 4.78 is 0. The Kier molecular flexibility index (Phi) is 6.21. The maximum absolute atomic E-state index is 10.8. The van der Waals surface area contributed by atoms with Crippen molar-refractivity contribution in [1.29, 1.82) is 0 Å². The van der Waals surface area contributed by atoms with Crippen LogP contribution in [0.2, 0.25) is 0 Å². The number of nitrogens with one attached hydrogen (secondary N) is 2. The molecular weight excluding hydrogens is 176 g/mol. The number of carbonyl (C=O) groups excluding carboxylic acids is 1. The molecule has 0 rings (SSSR count). The first-order chi connectivity index (χ1) is 6.45. The number of amides is 1. The van der Waals surface area contributed by atoms with E-state index in [0.29, 0.717) is 12.0 Å². The number of rotatable bonds is 6. The second kappa shape index (κ2) is 6.60. The van der Waals surface area contributed by atoms with Crippen LogP contribution < -0.4 is 10.6 Å². The van der Waals surface area contributed by atoms with Gasteiger partial charge in [-0.05, 0) is 31.0 Å². The fraction of sp³-hybridized carbons (Fsp3) is 0.727. The van der Waals surface area contributed by atoms with Crippen molar-refractivity contribution in [2.24, 2.45) is 5.41 Å². The van der Waals surface area contributed by atoms with Crippen LogP contribution in [0.4, 0.5) is 0 Å². The van der Waals surface area contributed by atoms with Gasteiger partial charge in [0.2, 0.25) is 5.91 Å². The molecule has 0 heterocycles. The summed E-state index contributed by atoms with van der Waals surface area (Å²) in [5.74, 6) is -0.0965. The molecule has 0 aromatic rings. The van der Waals surface area contributed by atoms with E-state index in [0.717, 1.165) is 19.5 Å². The molecule has 82 valence electrons. The zero-order valence-corrected chi connectivity index (χ0v) is 9.52. The first kappa shape index (κ1) is 13.2. The third-order valence-corrected chi connectivity index (χ3v) is 1.67. The van der Waals surface area contributed by atoms with Crippen LogP contribution in [-0.2, 0) is 4.79 Å². The van der Waals surface area contributed by atoms with Crippen LogP contribution in [-0.4, -0.2) is 25.5 Å². The molecule has 3 heteroatoms. The van der Waals surface area contributed by atoms with Crippen molar-refractivity contribution in [2.75, 3.05) is 19.6 Å². The lowest BCUT2D eigenvalue weighted by Gasteiger charge is -2.18. The standard InChI is InChI=1S/C11H22N2O/c1-5-10(14)13-8-6-7-12-9-11(2,3)4/h5,12H,1,6-9H2,2-4H3,(H,13,14). The lowest BCUT2D eigenvalue weighted by molar-refractivity contribution is -0.116. The highest BCUT2D eigenvalue weighted by atomic mass is 16.1. The summed E-state index contributed by atoms with van der Waals surface area (Å²) in [6.45, 7) is 12.6. The summed E-state index contributed by atoms with van der Waals surface area (Å²) in [5, 5.41) is 6.07. The van der Waals surface area contributed by atoms with Crippen LogP contribution in [0.1, 0.15) is 27.2 Å². The molecule has 0 radical (unpaired) electrons.